The van der Waals surface area contributed by atoms with Gasteiger partial charge >= 0.3 is 0 Å². The largest absolute Gasteiger partial charge is 0.342 e. The molecular weight excluding hydrogens is 306 g/mol. The second-order valence-electron chi connectivity index (χ2n) is 6.22. The Bertz CT molecular complexity index is 674. The van der Waals surface area contributed by atoms with E-state index in [1.54, 1.807) is 6.20 Å². The second kappa shape index (κ2) is 7.21. The number of para-hydroxylation sites is 1. The zero-order chi connectivity index (χ0) is 16.2. The third-order valence-corrected chi connectivity index (χ3v) is 5.39. The van der Waals surface area contributed by atoms with E-state index >= 15 is 0 Å². The topological polar surface area (TPSA) is 38.1 Å². The minimum atomic E-state index is 0.223. The van der Waals surface area contributed by atoms with Gasteiger partial charge in [0.1, 0.15) is 0 Å². The number of aromatic nitrogens is 2. The molecule has 1 saturated heterocycles. The second-order valence-corrected chi connectivity index (χ2v) is 7.16. The van der Waals surface area contributed by atoms with E-state index in [1.165, 1.54) is 17.3 Å². The fraction of sp³-hybridized carbons (Fsp3) is 0.444. The summed E-state index contributed by atoms with van der Waals surface area (Å²) in [5.74, 6) is 1.42. The monoisotopic (exact) mass is 329 g/mol. The van der Waals surface area contributed by atoms with Gasteiger partial charge in [-0.15, -0.1) is 0 Å². The van der Waals surface area contributed by atoms with E-state index in [0.29, 0.717) is 5.75 Å². The van der Waals surface area contributed by atoms with Crippen LogP contribution in [-0.2, 0) is 4.79 Å². The number of amides is 1. The number of aryl methyl sites for hydroxylation is 1. The van der Waals surface area contributed by atoms with Crippen LogP contribution in [0.1, 0.15) is 25.3 Å². The summed E-state index contributed by atoms with van der Waals surface area (Å²) in [7, 11) is 0. The van der Waals surface area contributed by atoms with Gasteiger partial charge < -0.3 is 4.90 Å². The minimum absolute atomic E-state index is 0.223. The molecule has 0 aliphatic carbocycles. The molecule has 1 aromatic heterocycles. The van der Waals surface area contributed by atoms with Crippen LogP contribution in [0.2, 0.25) is 0 Å². The van der Waals surface area contributed by atoms with Gasteiger partial charge in [0.05, 0.1) is 11.4 Å². The van der Waals surface area contributed by atoms with E-state index in [2.05, 4.69) is 35.5 Å². The molecule has 0 bridgehead atoms. The molecule has 122 valence electrons. The van der Waals surface area contributed by atoms with Gasteiger partial charge in [-0.2, -0.15) is 0 Å². The molecule has 0 atom stereocenters. The zero-order valence-electron chi connectivity index (χ0n) is 13.7. The summed E-state index contributed by atoms with van der Waals surface area (Å²) >= 11 is 1.52. The Morgan fingerprint density at radius 2 is 2.04 bits per heavy atom. The summed E-state index contributed by atoms with van der Waals surface area (Å²) < 4.78 is 2.06. The molecule has 23 heavy (non-hydrogen) atoms. The van der Waals surface area contributed by atoms with E-state index in [-0.39, 0.29) is 5.91 Å². The first-order valence-electron chi connectivity index (χ1n) is 8.15. The first-order chi connectivity index (χ1) is 11.1. The Kier molecular flexibility index (Phi) is 5.06. The molecule has 1 aliphatic heterocycles. The van der Waals surface area contributed by atoms with E-state index in [1.807, 2.05) is 23.2 Å². The van der Waals surface area contributed by atoms with Gasteiger partial charge in [-0.25, -0.2) is 4.98 Å². The first-order valence-corrected chi connectivity index (χ1v) is 9.13. The van der Waals surface area contributed by atoms with Crippen LogP contribution in [0.4, 0.5) is 0 Å². The van der Waals surface area contributed by atoms with Crippen LogP contribution >= 0.6 is 11.8 Å². The van der Waals surface area contributed by atoms with Crippen molar-refractivity contribution in [3.05, 3.63) is 42.2 Å². The lowest BCUT2D eigenvalue weighted by Crippen LogP contribution is -2.38. The van der Waals surface area contributed by atoms with Gasteiger partial charge in [0.15, 0.2) is 5.16 Å². The molecule has 0 saturated carbocycles. The average Bonchev–Trinajstić information content (AvgIpc) is 3.02. The summed E-state index contributed by atoms with van der Waals surface area (Å²) in [4.78, 5) is 18.8. The highest BCUT2D eigenvalue weighted by molar-refractivity contribution is 7.99. The number of benzene rings is 1. The fourth-order valence-corrected chi connectivity index (χ4v) is 3.76. The quantitative estimate of drug-likeness (QED) is 0.805. The van der Waals surface area contributed by atoms with Crippen molar-refractivity contribution in [2.75, 3.05) is 18.8 Å². The fourth-order valence-electron chi connectivity index (χ4n) is 2.89. The van der Waals surface area contributed by atoms with Crippen LogP contribution in [0, 0.1) is 12.8 Å². The number of nitrogens with zero attached hydrogens (tertiary/aromatic N) is 3. The Balaban J connectivity index is 1.65. The van der Waals surface area contributed by atoms with Crippen molar-refractivity contribution in [1.29, 1.82) is 0 Å². The molecule has 1 aliphatic rings. The highest BCUT2D eigenvalue weighted by Gasteiger charge is 2.20. The first kappa shape index (κ1) is 16.1. The predicted octanol–water partition coefficient (Wildman–Crippen LogP) is 3.53. The normalized spacial score (nSPS) is 15.8. The van der Waals surface area contributed by atoms with E-state index < -0.39 is 0 Å². The minimum Gasteiger partial charge on any atom is -0.342 e. The number of hydrogen-bond acceptors (Lipinski definition) is 3. The average molecular weight is 329 g/mol. The van der Waals surface area contributed by atoms with E-state index in [4.69, 9.17) is 0 Å². The molecule has 0 unspecified atom stereocenters. The summed E-state index contributed by atoms with van der Waals surface area (Å²) in [5, 5.41) is 0.873. The molecule has 3 rings (SSSR count). The summed E-state index contributed by atoms with van der Waals surface area (Å²) in [6, 6.07) is 8.22. The van der Waals surface area contributed by atoms with Crippen molar-refractivity contribution in [1.82, 2.24) is 14.5 Å². The van der Waals surface area contributed by atoms with Crippen molar-refractivity contribution in [3.8, 4) is 5.69 Å². The van der Waals surface area contributed by atoms with Crippen molar-refractivity contribution >= 4 is 17.7 Å². The van der Waals surface area contributed by atoms with Crippen molar-refractivity contribution in [3.63, 3.8) is 0 Å². The van der Waals surface area contributed by atoms with Crippen molar-refractivity contribution in [2.24, 2.45) is 5.92 Å². The van der Waals surface area contributed by atoms with Crippen LogP contribution < -0.4 is 0 Å². The third kappa shape index (κ3) is 3.78. The maximum atomic E-state index is 12.4. The molecule has 2 heterocycles. The Hall–Kier alpha value is -1.75. The molecule has 1 aromatic carbocycles. The standard InChI is InChI=1S/C18H23N3OS/c1-14-7-10-20(11-8-14)17(22)13-23-18-19-9-12-21(18)16-6-4-3-5-15(16)2/h3-6,9,12,14H,7-8,10-11,13H2,1-2H3. The molecule has 1 amide bonds. The van der Waals surface area contributed by atoms with Crippen LogP contribution in [0.25, 0.3) is 5.69 Å². The highest BCUT2D eigenvalue weighted by Crippen LogP contribution is 2.24. The van der Waals surface area contributed by atoms with E-state index in [0.717, 1.165) is 42.7 Å². The number of rotatable bonds is 4. The number of piperidine rings is 1. The third-order valence-electron chi connectivity index (χ3n) is 4.44. The number of carbonyl (C=O) groups is 1. The SMILES string of the molecule is Cc1ccccc1-n1ccnc1SCC(=O)N1CCC(C)CC1. The Morgan fingerprint density at radius 3 is 2.78 bits per heavy atom. The molecule has 4 nitrogen and oxygen atoms in total. The molecule has 0 N–H and O–H groups in total. The number of imidazole rings is 1. The number of carbonyl (C=O) groups excluding carboxylic acids is 1. The molecule has 2 aromatic rings. The van der Waals surface area contributed by atoms with Crippen LogP contribution in [0.5, 0.6) is 0 Å². The highest BCUT2D eigenvalue weighted by atomic mass is 32.2. The van der Waals surface area contributed by atoms with Gasteiger partial charge in [0, 0.05) is 25.5 Å². The van der Waals surface area contributed by atoms with Crippen molar-refractivity contribution < 1.29 is 4.79 Å². The lowest BCUT2D eigenvalue weighted by Gasteiger charge is -2.30. The lowest BCUT2D eigenvalue weighted by molar-refractivity contribution is -0.129. The summed E-state index contributed by atoms with van der Waals surface area (Å²) in [6.45, 7) is 6.14. The van der Waals surface area contributed by atoms with Crippen LogP contribution in [0.15, 0.2) is 41.8 Å². The molecule has 0 radical (unpaired) electrons. The van der Waals surface area contributed by atoms with Crippen LogP contribution in [-0.4, -0.2) is 39.2 Å². The number of thioether (sulfide) groups is 1. The number of likely N-dealkylation sites (tertiary alicyclic amines) is 1. The Morgan fingerprint density at radius 1 is 1.30 bits per heavy atom. The number of hydrogen-bond donors (Lipinski definition) is 0. The van der Waals surface area contributed by atoms with Crippen LogP contribution in [0.3, 0.4) is 0 Å². The molecular formula is C18H23N3OS. The Labute approximate surface area is 141 Å². The van der Waals surface area contributed by atoms with Gasteiger partial charge in [-0.05, 0) is 37.3 Å². The molecule has 5 heteroatoms. The van der Waals surface area contributed by atoms with E-state index in [9.17, 15) is 4.79 Å². The van der Waals surface area contributed by atoms with Gasteiger partial charge in [0.25, 0.3) is 0 Å². The zero-order valence-corrected chi connectivity index (χ0v) is 14.6. The maximum Gasteiger partial charge on any atom is 0.233 e. The smallest absolute Gasteiger partial charge is 0.233 e. The maximum absolute atomic E-state index is 12.4. The lowest BCUT2D eigenvalue weighted by atomic mass is 9.99. The van der Waals surface area contributed by atoms with Crippen molar-refractivity contribution in [2.45, 2.75) is 31.8 Å². The predicted molar refractivity (Wildman–Crippen MR) is 94.0 cm³/mol. The molecule has 1 fully saturated rings. The summed E-state index contributed by atoms with van der Waals surface area (Å²) in [6.07, 6.45) is 5.99. The summed E-state index contributed by atoms with van der Waals surface area (Å²) in [5.41, 5.74) is 2.32. The van der Waals surface area contributed by atoms with Gasteiger partial charge in [0.2, 0.25) is 5.91 Å². The van der Waals surface area contributed by atoms with Gasteiger partial charge in [-0.1, -0.05) is 36.9 Å². The van der Waals surface area contributed by atoms with Gasteiger partial charge in [-0.3, -0.25) is 9.36 Å². The molecule has 0 spiro atoms.